The van der Waals surface area contributed by atoms with E-state index >= 15 is 0 Å². The minimum atomic E-state index is -3.43. The lowest BCUT2D eigenvalue weighted by Gasteiger charge is -2.33. The smallest absolute Gasteiger partial charge is 0.243 e. The fraction of sp³-hybridized carbons (Fsp3) is 0.444. The van der Waals surface area contributed by atoms with Crippen molar-refractivity contribution >= 4 is 22.4 Å². The SMILES string of the molecule is Cc1cc(C)c(S(=O)(=O)N2CCN(Cc3ccco3)CC2)cc1C.Cl. The van der Waals surface area contributed by atoms with Gasteiger partial charge >= 0.3 is 0 Å². The minimum absolute atomic E-state index is 0. The molecule has 1 aliphatic heterocycles. The third-order valence-corrected chi connectivity index (χ3v) is 6.74. The molecule has 1 aliphatic rings. The molecule has 2 heterocycles. The van der Waals surface area contributed by atoms with Crippen LogP contribution in [0.4, 0.5) is 0 Å². The number of benzene rings is 1. The summed E-state index contributed by atoms with van der Waals surface area (Å²) in [6, 6.07) is 7.57. The van der Waals surface area contributed by atoms with E-state index in [0.29, 0.717) is 31.1 Å². The number of rotatable bonds is 4. The number of sulfonamides is 1. The zero-order valence-electron chi connectivity index (χ0n) is 14.9. The number of hydrogen-bond donors (Lipinski definition) is 0. The predicted octanol–water partition coefficient (Wildman–Crippen LogP) is 3.13. The van der Waals surface area contributed by atoms with Crippen molar-refractivity contribution in [3.8, 4) is 0 Å². The van der Waals surface area contributed by atoms with Gasteiger partial charge in [0, 0.05) is 26.2 Å². The highest BCUT2D eigenvalue weighted by atomic mass is 35.5. The number of aryl methyl sites for hydroxylation is 3. The fourth-order valence-electron chi connectivity index (χ4n) is 3.10. The monoisotopic (exact) mass is 384 g/mol. The van der Waals surface area contributed by atoms with Gasteiger partial charge in [-0.25, -0.2) is 8.42 Å². The summed E-state index contributed by atoms with van der Waals surface area (Å²) in [5.41, 5.74) is 2.95. The summed E-state index contributed by atoms with van der Waals surface area (Å²) in [6.45, 7) is 9.00. The number of nitrogens with zero attached hydrogens (tertiary/aromatic N) is 2. The summed E-state index contributed by atoms with van der Waals surface area (Å²) in [5, 5.41) is 0. The second-order valence-electron chi connectivity index (χ2n) is 6.46. The van der Waals surface area contributed by atoms with Crippen molar-refractivity contribution < 1.29 is 12.8 Å². The van der Waals surface area contributed by atoms with Crippen LogP contribution in [0, 0.1) is 20.8 Å². The molecule has 1 fully saturated rings. The van der Waals surface area contributed by atoms with Crippen molar-refractivity contribution in [3.05, 3.63) is 53.0 Å². The van der Waals surface area contributed by atoms with E-state index in [1.54, 1.807) is 16.6 Å². The van der Waals surface area contributed by atoms with E-state index in [9.17, 15) is 8.42 Å². The molecular weight excluding hydrogens is 360 g/mol. The second-order valence-corrected chi connectivity index (χ2v) is 8.37. The maximum Gasteiger partial charge on any atom is 0.243 e. The Morgan fingerprint density at radius 3 is 2.24 bits per heavy atom. The topological polar surface area (TPSA) is 53.8 Å². The molecule has 7 heteroatoms. The molecule has 0 spiro atoms. The van der Waals surface area contributed by atoms with E-state index in [0.717, 1.165) is 29.0 Å². The molecule has 1 aromatic carbocycles. The van der Waals surface area contributed by atoms with Crippen LogP contribution < -0.4 is 0 Å². The van der Waals surface area contributed by atoms with Crippen LogP contribution in [-0.2, 0) is 16.6 Å². The third kappa shape index (κ3) is 4.26. The number of furan rings is 1. The van der Waals surface area contributed by atoms with E-state index in [4.69, 9.17) is 4.42 Å². The zero-order valence-corrected chi connectivity index (χ0v) is 16.5. The summed E-state index contributed by atoms with van der Waals surface area (Å²) in [5.74, 6) is 0.913. The Balaban J connectivity index is 0.00000225. The Bertz CT molecular complexity index is 811. The third-order valence-electron chi connectivity index (χ3n) is 4.70. The molecule has 0 N–H and O–H groups in total. The highest BCUT2D eigenvalue weighted by molar-refractivity contribution is 7.89. The number of hydrogen-bond acceptors (Lipinski definition) is 4. The molecule has 0 unspecified atom stereocenters. The van der Waals surface area contributed by atoms with Crippen molar-refractivity contribution in [2.45, 2.75) is 32.2 Å². The zero-order chi connectivity index (χ0) is 17.3. The van der Waals surface area contributed by atoms with Crippen LogP contribution in [0.3, 0.4) is 0 Å². The van der Waals surface area contributed by atoms with Crippen LogP contribution in [-0.4, -0.2) is 43.8 Å². The van der Waals surface area contributed by atoms with Gasteiger partial charge in [0.1, 0.15) is 5.76 Å². The maximum atomic E-state index is 13.0. The lowest BCUT2D eigenvalue weighted by Crippen LogP contribution is -2.48. The Kier molecular flexibility index (Phi) is 6.32. The Morgan fingerprint density at radius 1 is 1.00 bits per heavy atom. The highest BCUT2D eigenvalue weighted by Gasteiger charge is 2.30. The van der Waals surface area contributed by atoms with Crippen molar-refractivity contribution in [3.63, 3.8) is 0 Å². The van der Waals surface area contributed by atoms with Crippen LogP contribution in [0.25, 0.3) is 0 Å². The van der Waals surface area contributed by atoms with E-state index in [2.05, 4.69) is 4.90 Å². The summed E-state index contributed by atoms with van der Waals surface area (Å²) in [7, 11) is -3.43. The molecule has 0 atom stereocenters. The molecule has 0 radical (unpaired) electrons. The number of halogens is 1. The first-order valence-electron chi connectivity index (χ1n) is 8.20. The highest BCUT2D eigenvalue weighted by Crippen LogP contribution is 2.24. The minimum Gasteiger partial charge on any atom is -0.468 e. The van der Waals surface area contributed by atoms with Gasteiger partial charge in [0.2, 0.25) is 10.0 Å². The molecule has 25 heavy (non-hydrogen) atoms. The molecular formula is C18H25ClN2O3S. The molecule has 2 aromatic rings. The van der Waals surface area contributed by atoms with Gasteiger partial charge in [-0.1, -0.05) is 6.07 Å². The van der Waals surface area contributed by atoms with Gasteiger partial charge in [0.15, 0.2) is 0 Å². The lowest BCUT2D eigenvalue weighted by molar-refractivity contribution is 0.171. The second kappa shape index (κ2) is 7.91. The number of piperazine rings is 1. The quantitative estimate of drug-likeness (QED) is 0.812. The molecule has 0 aliphatic carbocycles. The van der Waals surface area contributed by atoms with Gasteiger partial charge in [-0.15, -0.1) is 12.4 Å². The van der Waals surface area contributed by atoms with Crippen LogP contribution >= 0.6 is 12.4 Å². The van der Waals surface area contributed by atoms with Gasteiger partial charge in [-0.3, -0.25) is 4.90 Å². The summed E-state index contributed by atoms with van der Waals surface area (Å²) in [4.78, 5) is 2.66. The van der Waals surface area contributed by atoms with Crippen molar-refractivity contribution in [2.75, 3.05) is 26.2 Å². The van der Waals surface area contributed by atoms with Gasteiger partial charge < -0.3 is 4.42 Å². The fourth-order valence-corrected chi connectivity index (χ4v) is 4.82. The maximum absolute atomic E-state index is 13.0. The van der Waals surface area contributed by atoms with E-state index in [1.165, 1.54) is 0 Å². The molecule has 138 valence electrons. The van der Waals surface area contributed by atoms with Crippen LogP contribution in [0.1, 0.15) is 22.5 Å². The predicted molar refractivity (Wildman–Crippen MR) is 101 cm³/mol. The van der Waals surface area contributed by atoms with Gasteiger partial charge in [-0.2, -0.15) is 4.31 Å². The first-order valence-corrected chi connectivity index (χ1v) is 9.64. The van der Waals surface area contributed by atoms with Gasteiger partial charge in [0.25, 0.3) is 0 Å². The summed E-state index contributed by atoms with van der Waals surface area (Å²) < 4.78 is 32.9. The normalized spacial score (nSPS) is 16.6. The van der Waals surface area contributed by atoms with Crippen LogP contribution in [0.2, 0.25) is 0 Å². The Morgan fingerprint density at radius 2 is 1.64 bits per heavy atom. The molecule has 1 aromatic heterocycles. The molecule has 3 rings (SSSR count). The Labute approximate surface area is 156 Å². The molecule has 0 saturated carbocycles. The van der Waals surface area contributed by atoms with Crippen molar-refractivity contribution in [2.24, 2.45) is 0 Å². The first-order chi connectivity index (χ1) is 11.4. The largest absolute Gasteiger partial charge is 0.468 e. The summed E-state index contributed by atoms with van der Waals surface area (Å²) >= 11 is 0. The molecule has 1 saturated heterocycles. The van der Waals surface area contributed by atoms with Gasteiger partial charge in [0.05, 0.1) is 17.7 Å². The van der Waals surface area contributed by atoms with Crippen LogP contribution in [0.15, 0.2) is 39.8 Å². The summed E-state index contributed by atoms with van der Waals surface area (Å²) in [6.07, 6.45) is 1.67. The molecule has 0 bridgehead atoms. The lowest BCUT2D eigenvalue weighted by atomic mass is 10.1. The van der Waals surface area contributed by atoms with E-state index < -0.39 is 10.0 Å². The van der Waals surface area contributed by atoms with Gasteiger partial charge in [-0.05, 0) is 55.7 Å². The average molecular weight is 385 g/mol. The standard InChI is InChI=1S/C18H24N2O3S.ClH/c1-14-11-16(3)18(12-15(14)2)24(21,22)20-8-6-19(7-9-20)13-17-5-4-10-23-17;/h4-5,10-12H,6-9,13H2,1-3H3;1H. The van der Waals surface area contributed by atoms with Crippen molar-refractivity contribution in [1.82, 2.24) is 9.21 Å². The van der Waals surface area contributed by atoms with E-state index in [-0.39, 0.29) is 12.4 Å². The van der Waals surface area contributed by atoms with Crippen LogP contribution in [0.5, 0.6) is 0 Å². The molecule has 5 nitrogen and oxygen atoms in total. The van der Waals surface area contributed by atoms with Crippen molar-refractivity contribution in [1.29, 1.82) is 0 Å². The molecule has 0 amide bonds. The van der Waals surface area contributed by atoms with E-state index in [1.807, 2.05) is 39.0 Å². The Hall–Kier alpha value is -1.34. The average Bonchev–Trinajstić information content (AvgIpc) is 3.04. The first kappa shape index (κ1) is 20.0.